The summed E-state index contributed by atoms with van der Waals surface area (Å²) >= 11 is 0. The van der Waals surface area contributed by atoms with E-state index in [9.17, 15) is 13.4 Å². The highest BCUT2D eigenvalue weighted by molar-refractivity contribution is 7.86. The fourth-order valence-corrected chi connectivity index (χ4v) is 5.67. The lowest BCUT2D eigenvalue weighted by Crippen LogP contribution is -2.41. The third kappa shape index (κ3) is 2.76. The molecule has 0 saturated carbocycles. The molecule has 0 aromatic heterocycles. The summed E-state index contributed by atoms with van der Waals surface area (Å²) in [6.07, 6.45) is 4.19. The Kier molecular flexibility index (Phi) is 4.11. The van der Waals surface area contributed by atoms with E-state index in [1.165, 1.54) is 25.3 Å². The maximum atomic E-state index is 13.9. The van der Waals surface area contributed by atoms with Crippen LogP contribution in [0.3, 0.4) is 0 Å². The van der Waals surface area contributed by atoms with Crippen LogP contribution in [0.2, 0.25) is 0 Å². The van der Waals surface area contributed by atoms with Crippen LogP contribution in [0.25, 0.3) is 0 Å². The lowest BCUT2D eigenvalue weighted by atomic mass is 9.84. The summed E-state index contributed by atoms with van der Waals surface area (Å²) in [6, 6.07) is 4.25. The van der Waals surface area contributed by atoms with Crippen LogP contribution >= 0.6 is 0 Å². The zero-order chi connectivity index (χ0) is 15.0. The molecule has 2 unspecified atom stereocenters. The number of carbonyl (C=O) groups is 1. The van der Waals surface area contributed by atoms with Crippen molar-refractivity contribution in [3.05, 3.63) is 29.6 Å². The van der Waals surface area contributed by atoms with E-state index in [0.29, 0.717) is 18.6 Å². The topological polar surface area (TPSA) is 43.4 Å². The normalized spacial score (nSPS) is 31.7. The largest absolute Gasteiger partial charge is 0.497 e. The van der Waals surface area contributed by atoms with Crippen molar-refractivity contribution in [2.45, 2.75) is 42.6 Å². The molecular formula is C16H19FO3S. The maximum absolute atomic E-state index is 13.9. The molecule has 2 aliphatic rings. The van der Waals surface area contributed by atoms with Crippen molar-refractivity contribution < 1.29 is 18.1 Å². The van der Waals surface area contributed by atoms with Crippen molar-refractivity contribution in [2.75, 3.05) is 7.11 Å². The lowest BCUT2D eigenvalue weighted by molar-refractivity contribution is 0.0890. The molecule has 5 heteroatoms. The minimum Gasteiger partial charge on any atom is -0.497 e. The predicted octanol–water partition coefficient (Wildman–Crippen LogP) is 3.10. The molecule has 2 heterocycles. The van der Waals surface area contributed by atoms with Crippen LogP contribution in [0, 0.1) is 11.7 Å². The van der Waals surface area contributed by atoms with E-state index in [1.807, 2.05) is 0 Å². The van der Waals surface area contributed by atoms with Gasteiger partial charge in [-0.3, -0.25) is 9.00 Å². The Hall–Kier alpha value is -1.23. The number of ketones is 1. The van der Waals surface area contributed by atoms with E-state index < -0.39 is 16.6 Å². The minimum absolute atomic E-state index is 0.102. The van der Waals surface area contributed by atoms with Gasteiger partial charge in [-0.25, -0.2) is 4.39 Å². The van der Waals surface area contributed by atoms with E-state index in [-0.39, 0.29) is 27.8 Å². The highest BCUT2D eigenvalue weighted by Gasteiger charge is 2.41. The molecule has 1 aromatic carbocycles. The molecule has 2 bridgehead atoms. The minimum atomic E-state index is -0.812. The van der Waals surface area contributed by atoms with Gasteiger partial charge in [0, 0.05) is 27.2 Å². The van der Waals surface area contributed by atoms with Crippen LogP contribution in [0.5, 0.6) is 5.75 Å². The fourth-order valence-electron chi connectivity index (χ4n) is 3.49. The molecule has 114 valence electrons. The maximum Gasteiger partial charge on any atom is 0.169 e. The standard InChI is InChI=1S/C16H19FO3S/c1-20-11-5-6-15(17)14(9-11)16(18)10-7-12-3-2-4-13(8-10)21(12)19/h5-6,9-10,12-13H,2-4,7-8H2,1H3. The number of hydrogen-bond donors (Lipinski definition) is 0. The summed E-state index contributed by atoms with van der Waals surface area (Å²) in [7, 11) is 0.684. The molecule has 2 saturated heterocycles. The summed E-state index contributed by atoms with van der Waals surface area (Å²) in [6.45, 7) is 0. The van der Waals surface area contributed by atoms with Crippen molar-refractivity contribution in [1.82, 2.24) is 0 Å². The second-order valence-corrected chi connectivity index (χ2v) is 7.87. The van der Waals surface area contributed by atoms with Crippen LogP contribution < -0.4 is 4.74 Å². The van der Waals surface area contributed by atoms with Gasteiger partial charge in [0.05, 0.1) is 12.7 Å². The molecule has 2 fully saturated rings. The SMILES string of the molecule is COc1ccc(F)c(C(=O)C2CC3CCCC(C2)S3=O)c1. The van der Waals surface area contributed by atoms with Gasteiger partial charge < -0.3 is 4.74 Å². The van der Waals surface area contributed by atoms with Crippen molar-refractivity contribution in [3.63, 3.8) is 0 Å². The van der Waals surface area contributed by atoms with Crippen LogP contribution in [0.15, 0.2) is 18.2 Å². The lowest BCUT2D eigenvalue weighted by Gasteiger charge is -2.37. The first-order valence-electron chi connectivity index (χ1n) is 7.37. The van der Waals surface area contributed by atoms with Gasteiger partial charge in [0.2, 0.25) is 0 Å². The Balaban J connectivity index is 1.84. The van der Waals surface area contributed by atoms with Crippen molar-refractivity contribution in [2.24, 2.45) is 5.92 Å². The molecule has 2 aliphatic heterocycles. The average molecular weight is 310 g/mol. The number of Topliss-reactive ketones (excluding diaryl/α,β-unsaturated/α-hetero) is 1. The highest BCUT2D eigenvalue weighted by Crippen LogP contribution is 2.38. The zero-order valence-corrected chi connectivity index (χ0v) is 12.8. The third-order valence-corrected chi connectivity index (χ3v) is 6.78. The third-order valence-electron chi connectivity index (χ3n) is 4.61. The second-order valence-electron chi connectivity index (χ2n) is 5.88. The van der Waals surface area contributed by atoms with Gasteiger partial charge in [0.25, 0.3) is 0 Å². The zero-order valence-electron chi connectivity index (χ0n) is 12.0. The first kappa shape index (κ1) is 14.7. The summed E-state index contributed by atoms with van der Waals surface area (Å²) < 4.78 is 31.2. The Labute approximate surface area is 126 Å². The molecular weight excluding hydrogens is 291 g/mol. The van der Waals surface area contributed by atoms with Crippen LogP contribution in [0.1, 0.15) is 42.5 Å². The highest BCUT2D eigenvalue weighted by atomic mass is 32.2. The van der Waals surface area contributed by atoms with Crippen molar-refractivity contribution in [1.29, 1.82) is 0 Å². The molecule has 2 atom stereocenters. The number of hydrogen-bond acceptors (Lipinski definition) is 3. The Morgan fingerprint density at radius 2 is 1.95 bits per heavy atom. The molecule has 3 nitrogen and oxygen atoms in total. The first-order chi connectivity index (χ1) is 10.1. The van der Waals surface area contributed by atoms with E-state index in [2.05, 4.69) is 0 Å². The summed E-state index contributed by atoms with van der Waals surface area (Å²) in [5.74, 6) is -0.392. The Morgan fingerprint density at radius 1 is 1.29 bits per heavy atom. The van der Waals surface area contributed by atoms with Crippen LogP contribution in [-0.2, 0) is 10.8 Å². The number of benzene rings is 1. The van der Waals surface area contributed by atoms with Gasteiger partial charge in [-0.05, 0) is 43.9 Å². The van der Waals surface area contributed by atoms with Crippen LogP contribution in [-0.4, -0.2) is 27.6 Å². The van der Waals surface area contributed by atoms with Gasteiger partial charge in [-0.1, -0.05) is 6.42 Å². The number of carbonyl (C=O) groups excluding carboxylic acids is 1. The second kappa shape index (κ2) is 5.87. The van der Waals surface area contributed by atoms with Gasteiger partial charge in [-0.2, -0.15) is 0 Å². The molecule has 0 aliphatic carbocycles. The summed E-state index contributed by atoms with van der Waals surface area (Å²) in [4.78, 5) is 12.6. The molecule has 21 heavy (non-hydrogen) atoms. The van der Waals surface area contributed by atoms with Gasteiger partial charge in [-0.15, -0.1) is 0 Å². The van der Waals surface area contributed by atoms with E-state index in [0.717, 1.165) is 19.3 Å². The molecule has 0 radical (unpaired) electrons. The fraction of sp³-hybridized carbons (Fsp3) is 0.562. The number of halogens is 1. The molecule has 0 spiro atoms. The monoisotopic (exact) mass is 310 g/mol. The van der Waals surface area contributed by atoms with Crippen molar-refractivity contribution >= 4 is 16.6 Å². The summed E-state index contributed by atoms with van der Waals surface area (Å²) in [5.41, 5.74) is 0.102. The first-order valence-corrected chi connectivity index (χ1v) is 8.65. The average Bonchev–Trinajstić information content (AvgIpc) is 2.47. The Bertz CT molecular complexity index is 571. The van der Waals surface area contributed by atoms with Crippen LogP contribution in [0.4, 0.5) is 4.39 Å². The van der Waals surface area contributed by atoms with Crippen molar-refractivity contribution in [3.8, 4) is 5.75 Å². The molecule has 0 amide bonds. The quantitative estimate of drug-likeness (QED) is 0.806. The van der Waals surface area contributed by atoms with Gasteiger partial charge in [0.15, 0.2) is 5.78 Å². The number of ether oxygens (including phenoxy) is 1. The van der Waals surface area contributed by atoms with E-state index in [1.54, 1.807) is 0 Å². The Morgan fingerprint density at radius 3 is 2.57 bits per heavy atom. The molecule has 3 rings (SSSR count). The summed E-state index contributed by atoms with van der Waals surface area (Å²) in [5, 5.41) is 0.222. The van der Waals surface area contributed by atoms with Gasteiger partial charge >= 0.3 is 0 Å². The smallest absolute Gasteiger partial charge is 0.169 e. The number of fused-ring (bicyclic) bond motifs is 2. The number of methoxy groups -OCH3 is 1. The van der Waals surface area contributed by atoms with E-state index >= 15 is 0 Å². The molecule has 1 aromatic rings. The van der Waals surface area contributed by atoms with Gasteiger partial charge in [0.1, 0.15) is 11.6 Å². The predicted molar refractivity (Wildman–Crippen MR) is 79.6 cm³/mol. The number of rotatable bonds is 3. The van der Waals surface area contributed by atoms with E-state index in [4.69, 9.17) is 4.74 Å². The molecule has 0 N–H and O–H groups in total.